The van der Waals surface area contributed by atoms with E-state index in [2.05, 4.69) is 24.1 Å². The Bertz CT molecular complexity index is 417. The molecule has 2 saturated heterocycles. The van der Waals surface area contributed by atoms with Crippen molar-refractivity contribution in [3.8, 4) is 0 Å². The predicted molar refractivity (Wildman–Crippen MR) is 84.4 cm³/mol. The van der Waals surface area contributed by atoms with Crippen LogP contribution < -0.4 is 5.32 Å². The third-order valence-corrected chi connectivity index (χ3v) is 4.71. The van der Waals surface area contributed by atoms with Gasteiger partial charge < -0.3 is 15.0 Å². The third-order valence-electron chi connectivity index (χ3n) is 4.71. The van der Waals surface area contributed by atoms with E-state index in [1.807, 2.05) is 13.8 Å². The molecule has 2 aliphatic rings. The number of hydrogen-bond donors (Lipinski definition) is 1. The van der Waals surface area contributed by atoms with Crippen molar-refractivity contribution in [2.24, 2.45) is 5.92 Å². The smallest absolute Gasteiger partial charge is 0.225 e. The number of carbonyl (C=O) groups excluding carboxylic acids is 2. The van der Waals surface area contributed by atoms with Crippen LogP contribution in [0.25, 0.3) is 0 Å². The molecular weight excluding hydrogens is 282 g/mol. The zero-order valence-electron chi connectivity index (χ0n) is 14.2. The minimum Gasteiger partial charge on any atom is -0.379 e. The molecule has 0 aromatic rings. The maximum Gasteiger partial charge on any atom is 0.225 e. The number of amides is 2. The Morgan fingerprint density at radius 2 is 2.00 bits per heavy atom. The summed E-state index contributed by atoms with van der Waals surface area (Å²) < 4.78 is 5.38. The van der Waals surface area contributed by atoms with Crippen molar-refractivity contribution in [3.05, 3.63) is 0 Å². The maximum absolute atomic E-state index is 12.4. The van der Waals surface area contributed by atoms with Crippen molar-refractivity contribution in [1.82, 2.24) is 15.1 Å². The first-order chi connectivity index (χ1) is 10.3. The average Bonchev–Trinajstić information content (AvgIpc) is 2.88. The molecule has 2 fully saturated rings. The summed E-state index contributed by atoms with van der Waals surface area (Å²) >= 11 is 0. The quantitative estimate of drug-likeness (QED) is 0.802. The number of hydrogen-bond acceptors (Lipinski definition) is 4. The Kier molecular flexibility index (Phi) is 5.45. The fraction of sp³-hybridized carbons (Fsp3) is 0.875. The molecule has 2 aliphatic heterocycles. The predicted octanol–water partition coefficient (Wildman–Crippen LogP) is 0.470. The summed E-state index contributed by atoms with van der Waals surface area (Å²) in [5, 5.41) is 3.04. The van der Waals surface area contributed by atoms with Crippen LogP contribution >= 0.6 is 0 Å². The molecular formula is C16H29N3O3. The van der Waals surface area contributed by atoms with Gasteiger partial charge in [0.1, 0.15) is 0 Å². The third kappa shape index (κ3) is 3.98. The lowest BCUT2D eigenvalue weighted by atomic mass is 10.0. The van der Waals surface area contributed by atoms with Gasteiger partial charge in [0.15, 0.2) is 0 Å². The van der Waals surface area contributed by atoms with Crippen LogP contribution in [0, 0.1) is 5.92 Å². The molecule has 0 spiro atoms. The van der Waals surface area contributed by atoms with Gasteiger partial charge in [-0.1, -0.05) is 0 Å². The molecule has 2 amide bonds. The number of nitrogens with zero attached hydrogens (tertiary/aromatic N) is 2. The van der Waals surface area contributed by atoms with Crippen LogP contribution in [-0.4, -0.2) is 72.6 Å². The van der Waals surface area contributed by atoms with Crippen molar-refractivity contribution in [3.63, 3.8) is 0 Å². The van der Waals surface area contributed by atoms with Gasteiger partial charge >= 0.3 is 0 Å². The normalized spacial score (nSPS) is 24.1. The lowest BCUT2D eigenvalue weighted by Crippen LogP contribution is -2.55. The fourth-order valence-corrected chi connectivity index (χ4v) is 3.13. The summed E-state index contributed by atoms with van der Waals surface area (Å²) in [5.74, 6) is -0.129. The van der Waals surface area contributed by atoms with Crippen LogP contribution in [0.1, 0.15) is 34.1 Å². The SMILES string of the molecule is CC(C)N1CC(C(=O)NCC(C)(C)N2CCOCC2)CC1=O. The standard InChI is InChI=1S/C16H29N3O3/c1-12(2)19-10-13(9-14(19)20)15(21)17-11-16(3,4)18-5-7-22-8-6-18/h12-13H,5-11H2,1-4H3,(H,17,21). The lowest BCUT2D eigenvalue weighted by molar-refractivity contribution is -0.130. The van der Waals surface area contributed by atoms with E-state index in [0.29, 0.717) is 19.5 Å². The lowest BCUT2D eigenvalue weighted by Gasteiger charge is -2.41. The van der Waals surface area contributed by atoms with Crippen molar-refractivity contribution in [2.75, 3.05) is 39.4 Å². The van der Waals surface area contributed by atoms with Crippen LogP contribution in [0.5, 0.6) is 0 Å². The van der Waals surface area contributed by atoms with E-state index in [4.69, 9.17) is 4.74 Å². The minimum absolute atomic E-state index is 0.00201. The monoisotopic (exact) mass is 311 g/mol. The van der Waals surface area contributed by atoms with Crippen LogP contribution in [0.3, 0.4) is 0 Å². The summed E-state index contributed by atoms with van der Waals surface area (Å²) in [6.45, 7) is 12.7. The maximum atomic E-state index is 12.4. The van der Waals surface area contributed by atoms with Gasteiger partial charge in [-0.2, -0.15) is 0 Å². The Morgan fingerprint density at radius 1 is 1.36 bits per heavy atom. The highest BCUT2D eigenvalue weighted by atomic mass is 16.5. The van der Waals surface area contributed by atoms with E-state index in [9.17, 15) is 9.59 Å². The van der Waals surface area contributed by atoms with Crippen molar-refractivity contribution < 1.29 is 14.3 Å². The second-order valence-electron chi connectivity index (χ2n) is 7.17. The molecule has 6 heteroatoms. The van der Waals surface area contributed by atoms with E-state index in [0.717, 1.165) is 26.3 Å². The first kappa shape index (κ1) is 17.2. The van der Waals surface area contributed by atoms with Gasteiger partial charge in [-0.05, 0) is 27.7 Å². The summed E-state index contributed by atoms with van der Waals surface area (Å²) in [6, 6.07) is 0.162. The number of carbonyl (C=O) groups is 2. The van der Waals surface area contributed by atoms with E-state index in [-0.39, 0.29) is 29.3 Å². The average molecular weight is 311 g/mol. The molecule has 0 aromatic heterocycles. The van der Waals surface area contributed by atoms with Gasteiger partial charge in [0.25, 0.3) is 0 Å². The van der Waals surface area contributed by atoms with Gasteiger partial charge in [0.2, 0.25) is 11.8 Å². The summed E-state index contributed by atoms with van der Waals surface area (Å²) in [7, 11) is 0. The number of morpholine rings is 1. The van der Waals surface area contributed by atoms with Crippen LogP contribution in [0.4, 0.5) is 0 Å². The zero-order chi connectivity index (χ0) is 16.3. The molecule has 22 heavy (non-hydrogen) atoms. The number of likely N-dealkylation sites (tertiary alicyclic amines) is 1. The molecule has 0 aliphatic carbocycles. The molecule has 2 rings (SSSR count). The van der Waals surface area contributed by atoms with E-state index in [1.165, 1.54) is 0 Å². The largest absolute Gasteiger partial charge is 0.379 e. The molecule has 0 radical (unpaired) electrons. The minimum atomic E-state index is -0.213. The van der Waals surface area contributed by atoms with Crippen molar-refractivity contribution >= 4 is 11.8 Å². The Labute approximate surface area is 133 Å². The zero-order valence-corrected chi connectivity index (χ0v) is 14.2. The Hall–Kier alpha value is -1.14. The topological polar surface area (TPSA) is 61.9 Å². The van der Waals surface area contributed by atoms with Crippen molar-refractivity contribution in [2.45, 2.75) is 45.7 Å². The molecule has 2 heterocycles. The summed E-state index contributed by atoms with van der Waals surface area (Å²) in [6.07, 6.45) is 0.335. The molecule has 0 bridgehead atoms. The van der Waals surface area contributed by atoms with Gasteiger partial charge in [-0.3, -0.25) is 14.5 Å². The van der Waals surface area contributed by atoms with Crippen LogP contribution in [-0.2, 0) is 14.3 Å². The highest BCUT2D eigenvalue weighted by Crippen LogP contribution is 2.21. The molecule has 0 aromatic carbocycles. The first-order valence-electron chi connectivity index (χ1n) is 8.21. The Morgan fingerprint density at radius 3 is 2.55 bits per heavy atom. The highest BCUT2D eigenvalue weighted by Gasteiger charge is 2.36. The molecule has 1 unspecified atom stereocenters. The van der Waals surface area contributed by atoms with E-state index >= 15 is 0 Å². The molecule has 1 atom stereocenters. The van der Waals surface area contributed by atoms with Crippen molar-refractivity contribution in [1.29, 1.82) is 0 Å². The number of ether oxygens (including phenoxy) is 1. The fourth-order valence-electron chi connectivity index (χ4n) is 3.13. The summed E-state index contributed by atoms with van der Waals surface area (Å²) in [5.41, 5.74) is -0.0974. The van der Waals surface area contributed by atoms with Gasteiger partial charge in [0.05, 0.1) is 19.1 Å². The number of nitrogens with one attached hydrogen (secondary N) is 1. The molecule has 6 nitrogen and oxygen atoms in total. The molecule has 126 valence electrons. The second kappa shape index (κ2) is 6.96. The van der Waals surface area contributed by atoms with Crippen LogP contribution in [0.15, 0.2) is 0 Å². The summed E-state index contributed by atoms with van der Waals surface area (Å²) in [4.78, 5) is 28.4. The molecule has 0 saturated carbocycles. The van der Waals surface area contributed by atoms with Gasteiger partial charge in [0, 0.05) is 44.2 Å². The molecule has 1 N–H and O–H groups in total. The van der Waals surface area contributed by atoms with E-state index < -0.39 is 0 Å². The first-order valence-corrected chi connectivity index (χ1v) is 8.21. The van der Waals surface area contributed by atoms with Gasteiger partial charge in [-0.15, -0.1) is 0 Å². The highest BCUT2D eigenvalue weighted by molar-refractivity contribution is 5.89. The van der Waals surface area contributed by atoms with E-state index in [1.54, 1.807) is 4.90 Å². The van der Waals surface area contributed by atoms with Crippen LogP contribution in [0.2, 0.25) is 0 Å². The number of rotatable bonds is 5. The Balaban J connectivity index is 1.83. The second-order valence-corrected chi connectivity index (χ2v) is 7.17. The van der Waals surface area contributed by atoms with Gasteiger partial charge in [-0.25, -0.2) is 0 Å².